The summed E-state index contributed by atoms with van der Waals surface area (Å²) < 4.78 is 5.65. The summed E-state index contributed by atoms with van der Waals surface area (Å²) in [5.41, 5.74) is 2.05. The Morgan fingerprint density at radius 1 is 1.31 bits per heavy atom. The van der Waals surface area contributed by atoms with Crippen molar-refractivity contribution in [3.63, 3.8) is 0 Å². The molecule has 0 saturated carbocycles. The Labute approximate surface area is 95.6 Å². The van der Waals surface area contributed by atoms with Crippen molar-refractivity contribution in [2.24, 2.45) is 0 Å². The van der Waals surface area contributed by atoms with Gasteiger partial charge in [-0.2, -0.15) is 0 Å². The second-order valence-corrected chi connectivity index (χ2v) is 3.72. The zero-order valence-electron chi connectivity index (χ0n) is 9.44. The lowest BCUT2D eigenvalue weighted by Crippen LogP contribution is -1.86. The minimum absolute atomic E-state index is 0.706. The molecule has 2 heteroatoms. The van der Waals surface area contributed by atoms with Gasteiger partial charge in [0.15, 0.2) is 0 Å². The van der Waals surface area contributed by atoms with E-state index in [1.165, 1.54) is 0 Å². The van der Waals surface area contributed by atoms with Crippen LogP contribution in [0.15, 0.2) is 47.4 Å². The third-order valence-electron chi connectivity index (χ3n) is 2.50. The van der Waals surface area contributed by atoms with Crippen molar-refractivity contribution in [1.29, 1.82) is 0 Å². The second kappa shape index (κ2) is 4.79. The van der Waals surface area contributed by atoms with Crippen molar-refractivity contribution in [3.8, 4) is 11.5 Å². The molecule has 0 aliphatic heterocycles. The van der Waals surface area contributed by atoms with Gasteiger partial charge in [-0.15, -0.1) is 6.58 Å². The van der Waals surface area contributed by atoms with Crippen LogP contribution < -0.4 is 0 Å². The molecule has 2 aromatic rings. The summed E-state index contributed by atoms with van der Waals surface area (Å²) in [7, 11) is 0. The Kier molecular flexibility index (Phi) is 3.20. The van der Waals surface area contributed by atoms with E-state index in [0.29, 0.717) is 5.89 Å². The standard InChI is InChI=1S/C14H15NO/c1-3-4-10-13-11(2)16-14(15-13)12-8-6-5-7-9-12/h3,5-9H,1,4,10H2,2H3. The van der Waals surface area contributed by atoms with Crippen LogP contribution in [0.3, 0.4) is 0 Å². The molecule has 1 aromatic carbocycles. The van der Waals surface area contributed by atoms with Gasteiger partial charge in [-0.05, 0) is 31.9 Å². The Morgan fingerprint density at radius 2 is 2.06 bits per heavy atom. The zero-order valence-corrected chi connectivity index (χ0v) is 9.44. The third kappa shape index (κ3) is 2.22. The predicted octanol–water partition coefficient (Wildman–Crippen LogP) is 3.77. The zero-order chi connectivity index (χ0) is 11.4. The molecule has 0 N–H and O–H groups in total. The molecule has 2 rings (SSSR count). The molecule has 2 nitrogen and oxygen atoms in total. The molecule has 16 heavy (non-hydrogen) atoms. The summed E-state index contributed by atoms with van der Waals surface area (Å²) in [6, 6.07) is 9.96. The van der Waals surface area contributed by atoms with E-state index < -0.39 is 0 Å². The van der Waals surface area contributed by atoms with Gasteiger partial charge in [0, 0.05) is 5.56 Å². The van der Waals surface area contributed by atoms with E-state index in [2.05, 4.69) is 11.6 Å². The maximum atomic E-state index is 5.65. The van der Waals surface area contributed by atoms with Crippen LogP contribution in [-0.2, 0) is 6.42 Å². The van der Waals surface area contributed by atoms with Gasteiger partial charge >= 0.3 is 0 Å². The van der Waals surface area contributed by atoms with Gasteiger partial charge in [-0.1, -0.05) is 24.3 Å². The van der Waals surface area contributed by atoms with Crippen molar-refractivity contribution in [1.82, 2.24) is 4.98 Å². The lowest BCUT2D eigenvalue weighted by Gasteiger charge is -1.92. The predicted molar refractivity (Wildman–Crippen MR) is 65.2 cm³/mol. The van der Waals surface area contributed by atoms with Gasteiger partial charge in [0.25, 0.3) is 0 Å². The molecule has 0 unspecified atom stereocenters. The number of hydrogen-bond donors (Lipinski definition) is 0. The van der Waals surface area contributed by atoms with Crippen LogP contribution in [0.25, 0.3) is 11.5 Å². The maximum Gasteiger partial charge on any atom is 0.226 e. The number of oxazole rings is 1. The smallest absolute Gasteiger partial charge is 0.226 e. The summed E-state index contributed by atoms with van der Waals surface area (Å²) >= 11 is 0. The first kappa shape index (κ1) is 10.7. The highest BCUT2D eigenvalue weighted by atomic mass is 16.4. The highest BCUT2D eigenvalue weighted by Gasteiger charge is 2.09. The number of aromatic nitrogens is 1. The number of aryl methyl sites for hydroxylation is 2. The topological polar surface area (TPSA) is 26.0 Å². The summed E-state index contributed by atoms with van der Waals surface area (Å²) in [4.78, 5) is 4.50. The number of rotatable bonds is 4. The van der Waals surface area contributed by atoms with E-state index in [4.69, 9.17) is 4.42 Å². The first-order valence-corrected chi connectivity index (χ1v) is 5.44. The average molecular weight is 213 g/mol. The van der Waals surface area contributed by atoms with Crippen molar-refractivity contribution >= 4 is 0 Å². The van der Waals surface area contributed by atoms with Crippen LogP contribution in [0.4, 0.5) is 0 Å². The molecule has 0 amide bonds. The molecule has 0 aliphatic carbocycles. The van der Waals surface area contributed by atoms with E-state index >= 15 is 0 Å². The van der Waals surface area contributed by atoms with E-state index in [1.54, 1.807) is 0 Å². The minimum atomic E-state index is 0.706. The minimum Gasteiger partial charge on any atom is -0.441 e. The van der Waals surface area contributed by atoms with E-state index in [0.717, 1.165) is 29.9 Å². The van der Waals surface area contributed by atoms with Gasteiger partial charge in [-0.3, -0.25) is 0 Å². The number of benzene rings is 1. The Bertz CT molecular complexity index is 471. The van der Waals surface area contributed by atoms with Crippen LogP contribution in [0, 0.1) is 6.92 Å². The molecule has 0 bridgehead atoms. The van der Waals surface area contributed by atoms with Crippen molar-refractivity contribution in [3.05, 3.63) is 54.4 Å². The fourth-order valence-corrected chi connectivity index (χ4v) is 1.60. The van der Waals surface area contributed by atoms with Gasteiger partial charge in [-0.25, -0.2) is 4.98 Å². The van der Waals surface area contributed by atoms with E-state index in [9.17, 15) is 0 Å². The second-order valence-electron chi connectivity index (χ2n) is 3.72. The maximum absolute atomic E-state index is 5.65. The van der Waals surface area contributed by atoms with Gasteiger partial charge in [0.2, 0.25) is 5.89 Å². The monoisotopic (exact) mass is 213 g/mol. The van der Waals surface area contributed by atoms with E-state index in [1.807, 2.05) is 43.3 Å². The fourth-order valence-electron chi connectivity index (χ4n) is 1.60. The number of nitrogens with zero attached hydrogens (tertiary/aromatic N) is 1. The first-order chi connectivity index (χ1) is 7.81. The molecular formula is C14H15NO. The van der Waals surface area contributed by atoms with Gasteiger partial charge in [0.1, 0.15) is 5.76 Å². The van der Waals surface area contributed by atoms with Crippen molar-refractivity contribution < 1.29 is 4.42 Å². The molecule has 82 valence electrons. The van der Waals surface area contributed by atoms with Crippen molar-refractivity contribution in [2.45, 2.75) is 19.8 Å². The molecule has 0 radical (unpaired) electrons. The lowest BCUT2D eigenvalue weighted by atomic mass is 10.2. The van der Waals surface area contributed by atoms with Gasteiger partial charge < -0.3 is 4.42 Å². The number of allylic oxidation sites excluding steroid dienone is 1. The fraction of sp³-hybridized carbons (Fsp3) is 0.214. The molecule has 1 heterocycles. The normalized spacial score (nSPS) is 10.3. The van der Waals surface area contributed by atoms with Crippen LogP contribution in [0.2, 0.25) is 0 Å². The highest BCUT2D eigenvalue weighted by Crippen LogP contribution is 2.21. The number of hydrogen-bond acceptors (Lipinski definition) is 2. The van der Waals surface area contributed by atoms with Crippen LogP contribution in [0.5, 0.6) is 0 Å². The molecular weight excluding hydrogens is 198 g/mol. The third-order valence-corrected chi connectivity index (χ3v) is 2.50. The summed E-state index contributed by atoms with van der Waals surface area (Å²) in [6.45, 7) is 5.67. The Morgan fingerprint density at radius 3 is 2.75 bits per heavy atom. The average Bonchev–Trinajstić information content (AvgIpc) is 2.69. The van der Waals surface area contributed by atoms with Crippen LogP contribution in [0.1, 0.15) is 17.9 Å². The lowest BCUT2D eigenvalue weighted by molar-refractivity contribution is 0.539. The largest absolute Gasteiger partial charge is 0.441 e. The molecule has 0 fully saturated rings. The van der Waals surface area contributed by atoms with Gasteiger partial charge in [0.05, 0.1) is 5.69 Å². The molecule has 0 aliphatic rings. The summed E-state index contributed by atoms with van der Waals surface area (Å²) in [5.74, 6) is 1.61. The van der Waals surface area contributed by atoms with Crippen LogP contribution >= 0.6 is 0 Å². The molecule has 0 saturated heterocycles. The summed E-state index contributed by atoms with van der Waals surface area (Å²) in [5, 5.41) is 0. The Balaban J connectivity index is 2.27. The summed E-state index contributed by atoms with van der Waals surface area (Å²) in [6.07, 6.45) is 3.73. The Hall–Kier alpha value is -1.83. The molecule has 1 aromatic heterocycles. The highest BCUT2D eigenvalue weighted by molar-refractivity contribution is 5.53. The quantitative estimate of drug-likeness (QED) is 0.722. The molecule has 0 atom stereocenters. The molecule has 0 spiro atoms. The first-order valence-electron chi connectivity index (χ1n) is 5.44. The van der Waals surface area contributed by atoms with E-state index in [-0.39, 0.29) is 0 Å². The van der Waals surface area contributed by atoms with Crippen LogP contribution in [-0.4, -0.2) is 4.98 Å². The van der Waals surface area contributed by atoms with Crippen molar-refractivity contribution in [2.75, 3.05) is 0 Å². The SMILES string of the molecule is C=CCCc1nc(-c2ccccc2)oc1C.